The van der Waals surface area contributed by atoms with Crippen molar-refractivity contribution < 1.29 is 0 Å². The quantitative estimate of drug-likeness (QED) is 0.855. The van der Waals surface area contributed by atoms with Gasteiger partial charge in [-0.1, -0.05) is 25.3 Å². The molecule has 0 bridgehead atoms. The van der Waals surface area contributed by atoms with Crippen LogP contribution in [-0.4, -0.2) is 27.4 Å². The number of fused-ring (bicyclic) bond motifs is 2. The van der Waals surface area contributed by atoms with Crippen LogP contribution in [0.4, 0.5) is 0 Å². The zero-order chi connectivity index (χ0) is 15.8. The molecule has 0 N–H and O–H groups in total. The van der Waals surface area contributed by atoms with Gasteiger partial charge in [0.25, 0.3) is 5.56 Å². The average Bonchev–Trinajstić information content (AvgIpc) is 2.56. The number of likely N-dealkylation sites (tertiary alicyclic amines) is 1. The summed E-state index contributed by atoms with van der Waals surface area (Å²) in [6.45, 7) is 5.15. The molecule has 2 aromatic rings. The SMILES string of the molecule is Cc1cccn2c(=O)cc(CN3CC[C@H]4CCCC[C@@H]4C3)nc12. The van der Waals surface area contributed by atoms with E-state index in [9.17, 15) is 4.79 Å². The number of nitrogens with zero attached hydrogens (tertiary/aromatic N) is 3. The summed E-state index contributed by atoms with van der Waals surface area (Å²) < 4.78 is 1.65. The van der Waals surface area contributed by atoms with E-state index < -0.39 is 0 Å². The monoisotopic (exact) mass is 311 g/mol. The topological polar surface area (TPSA) is 37.6 Å². The lowest BCUT2D eigenvalue weighted by atomic mass is 9.75. The van der Waals surface area contributed by atoms with Crippen molar-refractivity contribution in [2.24, 2.45) is 11.8 Å². The molecular weight excluding hydrogens is 286 g/mol. The third-order valence-corrected chi connectivity index (χ3v) is 5.70. The predicted octanol–water partition coefficient (Wildman–Crippen LogP) is 3.02. The van der Waals surface area contributed by atoms with Gasteiger partial charge in [-0.3, -0.25) is 14.1 Å². The Morgan fingerprint density at radius 3 is 2.91 bits per heavy atom. The zero-order valence-electron chi connectivity index (χ0n) is 13.9. The minimum absolute atomic E-state index is 0.0289. The van der Waals surface area contributed by atoms with Crippen molar-refractivity contribution in [2.75, 3.05) is 13.1 Å². The van der Waals surface area contributed by atoms with Gasteiger partial charge < -0.3 is 0 Å². The van der Waals surface area contributed by atoms with Crippen LogP contribution in [0.5, 0.6) is 0 Å². The fourth-order valence-corrected chi connectivity index (χ4v) is 4.44. The Hall–Kier alpha value is -1.68. The first-order chi connectivity index (χ1) is 11.2. The largest absolute Gasteiger partial charge is 0.297 e. The summed E-state index contributed by atoms with van der Waals surface area (Å²) in [5.74, 6) is 1.80. The molecule has 0 unspecified atom stereocenters. The van der Waals surface area contributed by atoms with Crippen LogP contribution in [-0.2, 0) is 6.54 Å². The van der Waals surface area contributed by atoms with Crippen LogP contribution in [0.3, 0.4) is 0 Å². The second-order valence-corrected chi connectivity index (χ2v) is 7.30. The molecule has 1 saturated carbocycles. The molecule has 4 rings (SSSR count). The van der Waals surface area contributed by atoms with E-state index in [1.54, 1.807) is 16.7 Å². The van der Waals surface area contributed by atoms with Crippen molar-refractivity contribution in [3.8, 4) is 0 Å². The number of piperidine rings is 1. The summed E-state index contributed by atoms with van der Waals surface area (Å²) in [5, 5.41) is 0. The number of hydrogen-bond donors (Lipinski definition) is 0. The summed E-state index contributed by atoms with van der Waals surface area (Å²) in [4.78, 5) is 19.6. The van der Waals surface area contributed by atoms with E-state index in [0.717, 1.165) is 41.8 Å². The van der Waals surface area contributed by atoms with Crippen LogP contribution in [0.25, 0.3) is 5.65 Å². The Morgan fingerprint density at radius 1 is 1.22 bits per heavy atom. The van der Waals surface area contributed by atoms with E-state index >= 15 is 0 Å². The number of rotatable bonds is 2. The van der Waals surface area contributed by atoms with Crippen LogP contribution < -0.4 is 5.56 Å². The van der Waals surface area contributed by atoms with E-state index in [-0.39, 0.29) is 5.56 Å². The first kappa shape index (κ1) is 14.9. The van der Waals surface area contributed by atoms with Crippen molar-refractivity contribution in [3.63, 3.8) is 0 Å². The third kappa shape index (κ3) is 2.92. The van der Waals surface area contributed by atoms with E-state index in [1.807, 2.05) is 19.1 Å². The molecule has 0 spiro atoms. The highest BCUT2D eigenvalue weighted by Crippen LogP contribution is 2.36. The first-order valence-corrected chi connectivity index (χ1v) is 8.91. The molecule has 23 heavy (non-hydrogen) atoms. The fourth-order valence-electron chi connectivity index (χ4n) is 4.44. The van der Waals surface area contributed by atoms with Crippen molar-refractivity contribution in [1.29, 1.82) is 0 Å². The third-order valence-electron chi connectivity index (χ3n) is 5.70. The van der Waals surface area contributed by atoms with E-state index in [1.165, 1.54) is 38.6 Å². The minimum Gasteiger partial charge on any atom is -0.297 e. The lowest BCUT2D eigenvalue weighted by Crippen LogP contribution is -2.41. The van der Waals surface area contributed by atoms with E-state index in [2.05, 4.69) is 4.90 Å². The lowest BCUT2D eigenvalue weighted by molar-refractivity contribution is 0.0812. The van der Waals surface area contributed by atoms with Crippen molar-refractivity contribution in [3.05, 3.63) is 46.0 Å². The molecule has 3 heterocycles. The normalized spacial score (nSPS) is 25.4. The Labute approximate surface area is 137 Å². The molecule has 0 radical (unpaired) electrons. The number of aromatic nitrogens is 2. The molecule has 2 aromatic heterocycles. The van der Waals surface area contributed by atoms with Crippen molar-refractivity contribution in [2.45, 2.75) is 45.6 Å². The smallest absolute Gasteiger partial charge is 0.258 e. The van der Waals surface area contributed by atoms with Gasteiger partial charge in [0.15, 0.2) is 0 Å². The molecular formula is C19H25N3O. The molecule has 0 amide bonds. The molecule has 2 atom stereocenters. The maximum atomic E-state index is 12.3. The second kappa shape index (κ2) is 6.08. The van der Waals surface area contributed by atoms with Gasteiger partial charge in [-0.25, -0.2) is 4.98 Å². The van der Waals surface area contributed by atoms with Gasteiger partial charge in [0.1, 0.15) is 5.65 Å². The highest BCUT2D eigenvalue weighted by atomic mass is 16.1. The zero-order valence-corrected chi connectivity index (χ0v) is 13.9. The van der Waals surface area contributed by atoms with Gasteiger partial charge in [-0.05, 0) is 49.8 Å². The van der Waals surface area contributed by atoms with E-state index in [4.69, 9.17) is 4.98 Å². The van der Waals surface area contributed by atoms with Crippen LogP contribution in [0.2, 0.25) is 0 Å². The standard InChI is InChI=1S/C19H25N3O/c1-14-5-4-9-22-18(23)11-17(20-19(14)22)13-21-10-8-15-6-2-3-7-16(15)12-21/h4-5,9,11,15-16H,2-3,6-8,10,12-13H2,1H3/t15-,16-/m1/s1. The number of aryl methyl sites for hydroxylation is 1. The molecule has 2 aliphatic rings. The summed E-state index contributed by atoms with van der Waals surface area (Å²) >= 11 is 0. The average molecular weight is 311 g/mol. The highest BCUT2D eigenvalue weighted by molar-refractivity contribution is 5.46. The van der Waals surface area contributed by atoms with Gasteiger partial charge in [0.2, 0.25) is 0 Å². The maximum Gasteiger partial charge on any atom is 0.258 e. The van der Waals surface area contributed by atoms with Gasteiger partial charge in [-0.15, -0.1) is 0 Å². The number of hydrogen-bond acceptors (Lipinski definition) is 3. The summed E-state index contributed by atoms with van der Waals surface area (Å²) in [5.41, 5.74) is 2.79. The molecule has 4 heteroatoms. The summed E-state index contributed by atoms with van der Waals surface area (Å²) in [6.07, 6.45) is 8.74. The second-order valence-electron chi connectivity index (χ2n) is 7.30. The molecule has 1 saturated heterocycles. The Bertz CT molecular complexity index is 767. The van der Waals surface area contributed by atoms with E-state index in [0.29, 0.717) is 0 Å². The van der Waals surface area contributed by atoms with Gasteiger partial charge in [-0.2, -0.15) is 0 Å². The molecule has 2 fully saturated rings. The molecule has 1 aliphatic heterocycles. The minimum atomic E-state index is 0.0289. The highest BCUT2D eigenvalue weighted by Gasteiger charge is 2.31. The summed E-state index contributed by atoms with van der Waals surface area (Å²) in [7, 11) is 0. The molecule has 122 valence electrons. The lowest BCUT2D eigenvalue weighted by Gasteiger charge is -2.41. The van der Waals surface area contributed by atoms with Crippen LogP contribution in [0.15, 0.2) is 29.2 Å². The van der Waals surface area contributed by atoms with Crippen LogP contribution in [0.1, 0.15) is 43.4 Å². The molecule has 0 aromatic carbocycles. The van der Waals surface area contributed by atoms with Crippen molar-refractivity contribution in [1.82, 2.24) is 14.3 Å². The van der Waals surface area contributed by atoms with Gasteiger partial charge in [0.05, 0.1) is 5.69 Å². The van der Waals surface area contributed by atoms with Gasteiger partial charge >= 0.3 is 0 Å². The first-order valence-electron chi connectivity index (χ1n) is 8.91. The van der Waals surface area contributed by atoms with Crippen LogP contribution >= 0.6 is 0 Å². The maximum absolute atomic E-state index is 12.3. The van der Waals surface area contributed by atoms with Crippen molar-refractivity contribution >= 4 is 5.65 Å². The summed E-state index contributed by atoms with van der Waals surface area (Å²) in [6, 6.07) is 5.62. The Balaban J connectivity index is 1.56. The fraction of sp³-hybridized carbons (Fsp3) is 0.579. The Morgan fingerprint density at radius 2 is 2.04 bits per heavy atom. The predicted molar refractivity (Wildman–Crippen MR) is 91.5 cm³/mol. The Kier molecular flexibility index (Phi) is 3.93. The molecule has 4 nitrogen and oxygen atoms in total. The van der Waals surface area contributed by atoms with Crippen LogP contribution in [0, 0.1) is 18.8 Å². The van der Waals surface area contributed by atoms with Gasteiger partial charge in [0, 0.05) is 25.4 Å². The molecule has 1 aliphatic carbocycles. The number of pyridine rings is 1.